The summed E-state index contributed by atoms with van der Waals surface area (Å²) in [5.41, 5.74) is -3.84. The minimum atomic E-state index is -5.04. The molecular weight excluding hydrogens is 277 g/mol. The highest BCUT2D eigenvalue weighted by atomic mass is 19.4. The smallest absolute Gasteiger partial charge is 0.418 e. The lowest BCUT2D eigenvalue weighted by molar-refractivity contribution is -0.140. The van der Waals surface area contributed by atoms with Crippen LogP contribution in [0, 0.1) is 0 Å². The predicted molar refractivity (Wildman–Crippen MR) is 52.1 cm³/mol. The summed E-state index contributed by atoms with van der Waals surface area (Å²) in [7, 11) is 1.79. The third-order valence-corrected chi connectivity index (χ3v) is 2.18. The number of nitrogens with zero attached hydrogens (tertiary/aromatic N) is 1. The largest absolute Gasteiger partial charge is 0.494 e. The second-order valence-corrected chi connectivity index (χ2v) is 3.26. The molecule has 0 fully saturated rings. The normalized spacial score (nSPS) is 11.6. The summed E-state index contributed by atoms with van der Waals surface area (Å²) in [6, 6.07) is 0. The number of esters is 1. The van der Waals surface area contributed by atoms with E-state index in [4.69, 9.17) is 0 Å². The molecule has 0 spiro atoms. The fourth-order valence-electron chi connectivity index (χ4n) is 1.40. The Morgan fingerprint density at radius 3 is 2.26 bits per heavy atom. The topological polar surface area (TPSA) is 48.4 Å². The van der Waals surface area contributed by atoms with Gasteiger partial charge in [0.25, 0.3) is 6.43 Å². The van der Waals surface area contributed by atoms with E-state index in [0.29, 0.717) is 0 Å². The van der Waals surface area contributed by atoms with Gasteiger partial charge in [0.2, 0.25) is 0 Å². The average Bonchev–Trinajstić information content (AvgIpc) is 2.34. The minimum Gasteiger partial charge on any atom is -0.494 e. The van der Waals surface area contributed by atoms with Crippen molar-refractivity contribution in [2.24, 2.45) is 0 Å². The number of rotatable bonds is 3. The summed E-state index contributed by atoms with van der Waals surface area (Å²) in [4.78, 5) is 14.4. The number of hydrogen-bond acceptors (Lipinski definition) is 4. The van der Waals surface area contributed by atoms with Crippen molar-refractivity contribution in [1.29, 1.82) is 0 Å². The zero-order valence-electron chi connectivity index (χ0n) is 9.72. The van der Waals surface area contributed by atoms with Crippen molar-refractivity contribution < 1.29 is 36.2 Å². The van der Waals surface area contributed by atoms with Crippen LogP contribution in [0.1, 0.15) is 28.0 Å². The van der Waals surface area contributed by atoms with Crippen LogP contribution in [-0.4, -0.2) is 25.2 Å². The monoisotopic (exact) mass is 285 g/mol. The van der Waals surface area contributed by atoms with E-state index in [2.05, 4.69) is 14.5 Å². The number of hydrogen-bond donors (Lipinski definition) is 0. The van der Waals surface area contributed by atoms with Crippen molar-refractivity contribution in [3.63, 3.8) is 0 Å². The van der Waals surface area contributed by atoms with Gasteiger partial charge >= 0.3 is 12.1 Å². The standard InChI is InChI=1S/C10H8F5NO3/c1-18-7-5(8(11)12)4(10(13,14)15)3-16-6(7)9(17)19-2/h3,8H,1-2H3. The maximum atomic E-state index is 12.8. The molecule has 0 saturated heterocycles. The van der Waals surface area contributed by atoms with Crippen LogP contribution in [0.25, 0.3) is 0 Å². The third kappa shape index (κ3) is 2.91. The van der Waals surface area contributed by atoms with E-state index < -0.39 is 41.1 Å². The van der Waals surface area contributed by atoms with Crippen LogP contribution in [0.3, 0.4) is 0 Å². The lowest BCUT2D eigenvalue weighted by Crippen LogP contribution is -2.16. The third-order valence-electron chi connectivity index (χ3n) is 2.18. The minimum absolute atomic E-state index is 0.149. The van der Waals surface area contributed by atoms with Gasteiger partial charge in [-0.2, -0.15) is 13.2 Å². The maximum absolute atomic E-state index is 12.8. The molecule has 0 aliphatic heterocycles. The molecule has 0 unspecified atom stereocenters. The highest BCUT2D eigenvalue weighted by molar-refractivity contribution is 5.91. The maximum Gasteiger partial charge on any atom is 0.418 e. The summed E-state index contributed by atoms with van der Waals surface area (Å²) < 4.78 is 72.1. The van der Waals surface area contributed by atoms with E-state index >= 15 is 0 Å². The van der Waals surface area contributed by atoms with Crippen LogP contribution in [-0.2, 0) is 10.9 Å². The highest BCUT2D eigenvalue weighted by Gasteiger charge is 2.40. The molecule has 1 heterocycles. The fraction of sp³-hybridized carbons (Fsp3) is 0.400. The molecule has 1 aromatic rings. The summed E-state index contributed by atoms with van der Waals surface area (Å²) in [6.45, 7) is 0. The molecular formula is C10H8F5NO3. The van der Waals surface area contributed by atoms with E-state index in [0.717, 1.165) is 14.2 Å². The van der Waals surface area contributed by atoms with Crippen LogP contribution < -0.4 is 4.74 Å². The number of pyridine rings is 1. The Balaban J connectivity index is 3.62. The van der Waals surface area contributed by atoms with Crippen LogP contribution in [0.4, 0.5) is 22.0 Å². The summed E-state index contributed by atoms with van der Waals surface area (Å²) in [5, 5.41) is 0. The van der Waals surface area contributed by atoms with Gasteiger partial charge in [0.1, 0.15) is 0 Å². The van der Waals surface area contributed by atoms with E-state index in [1.807, 2.05) is 0 Å². The number of ether oxygens (including phenoxy) is 2. The number of carbonyl (C=O) groups excluding carboxylic acids is 1. The fourth-order valence-corrected chi connectivity index (χ4v) is 1.40. The molecule has 9 heteroatoms. The van der Waals surface area contributed by atoms with E-state index in [1.54, 1.807) is 0 Å². The van der Waals surface area contributed by atoms with Gasteiger partial charge in [0.05, 0.1) is 25.3 Å². The Labute approximate surface area is 104 Å². The number of halogens is 5. The van der Waals surface area contributed by atoms with Crippen LogP contribution >= 0.6 is 0 Å². The molecule has 106 valence electrons. The van der Waals surface area contributed by atoms with E-state index in [-0.39, 0.29) is 6.20 Å². The Hall–Kier alpha value is -1.93. The van der Waals surface area contributed by atoms with Crippen molar-refractivity contribution in [2.45, 2.75) is 12.6 Å². The Kier molecular flexibility index (Phi) is 4.28. The summed E-state index contributed by atoms with van der Waals surface area (Å²) >= 11 is 0. The first-order valence-corrected chi connectivity index (χ1v) is 4.74. The molecule has 0 amide bonds. The molecule has 0 N–H and O–H groups in total. The molecule has 0 aliphatic carbocycles. The van der Waals surface area contributed by atoms with Crippen LogP contribution in [0.5, 0.6) is 5.75 Å². The first kappa shape index (κ1) is 15.1. The first-order valence-electron chi connectivity index (χ1n) is 4.74. The zero-order valence-corrected chi connectivity index (χ0v) is 9.72. The van der Waals surface area contributed by atoms with Crippen molar-refractivity contribution >= 4 is 5.97 Å². The quantitative estimate of drug-likeness (QED) is 0.633. The number of aromatic nitrogens is 1. The SMILES string of the molecule is COC(=O)c1ncc(C(F)(F)F)c(C(F)F)c1OC. The van der Waals surface area contributed by atoms with Gasteiger partial charge < -0.3 is 9.47 Å². The van der Waals surface area contributed by atoms with Crippen molar-refractivity contribution in [3.8, 4) is 5.75 Å². The second kappa shape index (κ2) is 5.37. The van der Waals surface area contributed by atoms with E-state index in [9.17, 15) is 26.7 Å². The van der Waals surface area contributed by atoms with Gasteiger partial charge in [0.15, 0.2) is 11.4 Å². The molecule has 19 heavy (non-hydrogen) atoms. The number of carbonyl (C=O) groups is 1. The Bertz CT molecular complexity index is 487. The van der Waals surface area contributed by atoms with E-state index in [1.165, 1.54) is 0 Å². The molecule has 1 rings (SSSR count). The molecule has 4 nitrogen and oxygen atoms in total. The lowest BCUT2D eigenvalue weighted by Gasteiger charge is -2.16. The molecule has 0 atom stereocenters. The molecule has 0 aromatic carbocycles. The number of alkyl halides is 5. The molecule has 0 aliphatic rings. The molecule has 1 aromatic heterocycles. The highest BCUT2D eigenvalue weighted by Crippen LogP contribution is 2.41. The van der Waals surface area contributed by atoms with Crippen molar-refractivity contribution in [3.05, 3.63) is 23.0 Å². The summed E-state index contributed by atoms with van der Waals surface area (Å²) in [5.74, 6) is -2.12. The van der Waals surface area contributed by atoms with Crippen molar-refractivity contribution in [2.75, 3.05) is 14.2 Å². The van der Waals surface area contributed by atoms with Gasteiger partial charge in [0, 0.05) is 6.20 Å². The van der Waals surface area contributed by atoms with Crippen molar-refractivity contribution in [1.82, 2.24) is 4.98 Å². The second-order valence-electron chi connectivity index (χ2n) is 3.26. The summed E-state index contributed by atoms with van der Waals surface area (Å²) in [6.07, 6.45) is -8.38. The number of methoxy groups -OCH3 is 2. The predicted octanol–water partition coefficient (Wildman–Crippen LogP) is 2.83. The van der Waals surface area contributed by atoms with Gasteiger partial charge in [-0.1, -0.05) is 0 Å². The van der Waals surface area contributed by atoms with Crippen LogP contribution in [0.15, 0.2) is 6.20 Å². The first-order chi connectivity index (χ1) is 8.73. The molecule has 0 radical (unpaired) electrons. The van der Waals surface area contributed by atoms with Gasteiger partial charge in [-0.15, -0.1) is 0 Å². The molecule has 0 saturated carbocycles. The molecule has 0 bridgehead atoms. The van der Waals surface area contributed by atoms with Gasteiger partial charge in [-0.3, -0.25) is 0 Å². The Morgan fingerprint density at radius 2 is 1.89 bits per heavy atom. The van der Waals surface area contributed by atoms with Gasteiger partial charge in [-0.25, -0.2) is 18.6 Å². The Morgan fingerprint density at radius 1 is 1.32 bits per heavy atom. The van der Waals surface area contributed by atoms with Gasteiger partial charge in [-0.05, 0) is 0 Å². The lowest BCUT2D eigenvalue weighted by atomic mass is 10.1. The van der Waals surface area contributed by atoms with Crippen LogP contribution in [0.2, 0.25) is 0 Å². The zero-order chi connectivity index (χ0) is 14.8. The average molecular weight is 285 g/mol.